The van der Waals surface area contributed by atoms with Gasteiger partial charge in [0.2, 0.25) is 0 Å². The summed E-state index contributed by atoms with van der Waals surface area (Å²) in [7, 11) is 0. The van der Waals surface area contributed by atoms with Crippen LogP contribution in [0, 0.1) is 5.92 Å². The first-order valence-corrected chi connectivity index (χ1v) is 6.02. The van der Waals surface area contributed by atoms with Crippen LogP contribution in [-0.4, -0.2) is 29.6 Å². The van der Waals surface area contributed by atoms with Gasteiger partial charge in [0.1, 0.15) is 0 Å². The van der Waals surface area contributed by atoms with Crippen molar-refractivity contribution in [1.29, 1.82) is 0 Å². The molecule has 2 heteroatoms. The molecule has 14 heavy (non-hydrogen) atoms. The normalized spacial score (nSPS) is 28.3. The number of nitrogens with zero attached hydrogens (tertiary/aromatic N) is 1. The molecule has 0 aromatic carbocycles. The van der Waals surface area contributed by atoms with Crippen molar-refractivity contribution in [2.24, 2.45) is 11.7 Å². The molecule has 0 spiro atoms. The highest BCUT2D eigenvalue weighted by molar-refractivity contribution is 4.81. The molecule has 0 aromatic rings. The van der Waals surface area contributed by atoms with Crippen LogP contribution in [0.2, 0.25) is 0 Å². The molecule has 0 saturated heterocycles. The summed E-state index contributed by atoms with van der Waals surface area (Å²) in [5, 5.41) is 0. The summed E-state index contributed by atoms with van der Waals surface area (Å²) in [5.74, 6) is 0.842. The third-order valence-electron chi connectivity index (χ3n) is 3.38. The lowest BCUT2D eigenvalue weighted by Gasteiger charge is -2.32. The van der Waals surface area contributed by atoms with Crippen molar-refractivity contribution in [1.82, 2.24) is 4.90 Å². The fourth-order valence-corrected chi connectivity index (χ4v) is 2.60. The smallest absolute Gasteiger partial charge is 0.00420 e. The fraction of sp³-hybridized carbons (Fsp3) is 1.00. The molecule has 2 nitrogen and oxygen atoms in total. The van der Waals surface area contributed by atoms with Gasteiger partial charge in [0, 0.05) is 24.7 Å². The van der Waals surface area contributed by atoms with Crippen molar-refractivity contribution in [3.63, 3.8) is 0 Å². The van der Waals surface area contributed by atoms with Gasteiger partial charge in [-0.1, -0.05) is 0 Å². The highest BCUT2D eigenvalue weighted by Gasteiger charge is 2.25. The summed E-state index contributed by atoms with van der Waals surface area (Å²) in [4.78, 5) is 2.59. The number of hydrogen-bond donors (Lipinski definition) is 1. The van der Waals surface area contributed by atoms with E-state index in [0.29, 0.717) is 18.1 Å². The van der Waals surface area contributed by atoms with Crippen molar-refractivity contribution >= 4 is 0 Å². The standard InChI is InChI=1S/C12H26N2/c1-9(2)14(10(3)4)8-11-5-6-12(13)7-11/h9-12H,5-8,13H2,1-4H3/t11-,12+/m1/s1. The van der Waals surface area contributed by atoms with Crippen molar-refractivity contribution in [2.45, 2.75) is 65.1 Å². The molecule has 0 radical (unpaired) electrons. The first kappa shape index (κ1) is 12.0. The van der Waals surface area contributed by atoms with Gasteiger partial charge in [-0.2, -0.15) is 0 Å². The molecule has 0 bridgehead atoms. The van der Waals surface area contributed by atoms with Gasteiger partial charge in [0.15, 0.2) is 0 Å². The van der Waals surface area contributed by atoms with E-state index in [0.717, 1.165) is 5.92 Å². The van der Waals surface area contributed by atoms with Gasteiger partial charge in [0.05, 0.1) is 0 Å². The molecule has 0 unspecified atom stereocenters. The Balaban J connectivity index is 2.40. The summed E-state index contributed by atoms with van der Waals surface area (Å²) >= 11 is 0. The Kier molecular flexibility index (Phi) is 4.39. The van der Waals surface area contributed by atoms with Crippen LogP contribution in [0.3, 0.4) is 0 Å². The zero-order chi connectivity index (χ0) is 10.7. The number of rotatable bonds is 4. The van der Waals surface area contributed by atoms with Crippen LogP contribution in [0.4, 0.5) is 0 Å². The maximum atomic E-state index is 5.93. The van der Waals surface area contributed by atoms with Gasteiger partial charge in [-0.3, -0.25) is 4.90 Å². The third-order valence-corrected chi connectivity index (χ3v) is 3.38. The Morgan fingerprint density at radius 3 is 2.07 bits per heavy atom. The van der Waals surface area contributed by atoms with Crippen molar-refractivity contribution in [2.75, 3.05) is 6.54 Å². The predicted octanol–water partition coefficient (Wildman–Crippen LogP) is 2.23. The maximum absolute atomic E-state index is 5.93. The monoisotopic (exact) mass is 198 g/mol. The molecule has 84 valence electrons. The van der Waals surface area contributed by atoms with Gasteiger partial charge >= 0.3 is 0 Å². The molecule has 1 aliphatic rings. The second-order valence-corrected chi connectivity index (χ2v) is 5.32. The minimum atomic E-state index is 0.473. The lowest BCUT2D eigenvalue weighted by Crippen LogP contribution is -2.40. The molecule has 2 N–H and O–H groups in total. The SMILES string of the molecule is CC(C)N(C[C@@H]1CC[C@H](N)C1)C(C)C. The zero-order valence-corrected chi connectivity index (χ0v) is 10.2. The Bertz CT molecular complexity index is 158. The summed E-state index contributed by atoms with van der Waals surface area (Å²) in [5.41, 5.74) is 5.93. The maximum Gasteiger partial charge on any atom is 0.00420 e. The van der Waals surface area contributed by atoms with Crippen LogP contribution >= 0.6 is 0 Å². The van der Waals surface area contributed by atoms with Crippen LogP contribution in [0.15, 0.2) is 0 Å². The highest BCUT2D eigenvalue weighted by atomic mass is 15.2. The first-order chi connectivity index (χ1) is 6.50. The van der Waals surface area contributed by atoms with Crippen molar-refractivity contribution < 1.29 is 0 Å². The highest BCUT2D eigenvalue weighted by Crippen LogP contribution is 2.26. The van der Waals surface area contributed by atoms with Crippen molar-refractivity contribution in [3.05, 3.63) is 0 Å². The van der Waals surface area contributed by atoms with Gasteiger partial charge in [-0.05, 0) is 52.9 Å². The molecule has 2 atom stereocenters. The zero-order valence-electron chi connectivity index (χ0n) is 10.2. The molecule has 0 aromatic heterocycles. The van der Waals surface area contributed by atoms with Gasteiger partial charge in [-0.25, -0.2) is 0 Å². The van der Waals surface area contributed by atoms with Crippen LogP contribution in [0.1, 0.15) is 47.0 Å². The van der Waals surface area contributed by atoms with Gasteiger partial charge in [-0.15, -0.1) is 0 Å². The van der Waals surface area contributed by atoms with E-state index in [4.69, 9.17) is 5.73 Å². The summed E-state index contributed by atoms with van der Waals surface area (Å²) in [6, 6.07) is 1.79. The fourth-order valence-electron chi connectivity index (χ4n) is 2.60. The average molecular weight is 198 g/mol. The molecule has 1 fully saturated rings. The van der Waals surface area contributed by atoms with E-state index < -0.39 is 0 Å². The molecule has 0 heterocycles. The van der Waals surface area contributed by atoms with E-state index in [-0.39, 0.29) is 0 Å². The van der Waals surface area contributed by atoms with Crippen LogP contribution in [-0.2, 0) is 0 Å². The van der Waals surface area contributed by atoms with Crippen LogP contribution < -0.4 is 5.73 Å². The van der Waals surface area contributed by atoms with Crippen molar-refractivity contribution in [3.8, 4) is 0 Å². The molecular formula is C12H26N2. The van der Waals surface area contributed by atoms with Crippen LogP contribution in [0.25, 0.3) is 0 Å². The lowest BCUT2D eigenvalue weighted by atomic mass is 10.1. The molecule has 1 rings (SSSR count). The molecule has 0 aliphatic heterocycles. The predicted molar refractivity (Wildman–Crippen MR) is 62.3 cm³/mol. The Labute approximate surface area is 88.8 Å². The summed E-state index contributed by atoms with van der Waals surface area (Å²) < 4.78 is 0. The van der Waals surface area contributed by atoms with Gasteiger partial charge < -0.3 is 5.73 Å². The van der Waals surface area contributed by atoms with Gasteiger partial charge in [0.25, 0.3) is 0 Å². The Morgan fingerprint density at radius 1 is 1.14 bits per heavy atom. The molecule has 1 aliphatic carbocycles. The second-order valence-electron chi connectivity index (χ2n) is 5.32. The van der Waals surface area contributed by atoms with E-state index >= 15 is 0 Å². The largest absolute Gasteiger partial charge is 0.328 e. The minimum absolute atomic E-state index is 0.473. The summed E-state index contributed by atoms with van der Waals surface area (Å²) in [6.07, 6.45) is 3.79. The number of hydrogen-bond acceptors (Lipinski definition) is 2. The van der Waals surface area contributed by atoms with E-state index in [1.165, 1.54) is 25.8 Å². The number of nitrogens with two attached hydrogens (primary N) is 1. The third kappa shape index (κ3) is 3.25. The Morgan fingerprint density at radius 2 is 1.71 bits per heavy atom. The lowest BCUT2D eigenvalue weighted by molar-refractivity contribution is 0.147. The van der Waals surface area contributed by atoms with E-state index in [2.05, 4.69) is 32.6 Å². The van der Waals surface area contributed by atoms with E-state index in [9.17, 15) is 0 Å². The van der Waals surface area contributed by atoms with E-state index in [1.807, 2.05) is 0 Å². The first-order valence-electron chi connectivity index (χ1n) is 6.02. The van der Waals surface area contributed by atoms with Crippen LogP contribution in [0.5, 0.6) is 0 Å². The van der Waals surface area contributed by atoms with E-state index in [1.54, 1.807) is 0 Å². The quantitative estimate of drug-likeness (QED) is 0.750. The molecule has 1 saturated carbocycles. The summed E-state index contributed by atoms with van der Waals surface area (Å²) in [6.45, 7) is 10.4. The minimum Gasteiger partial charge on any atom is -0.328 e. The molecule has 0 amide bonds. The molecular weight excluding hydrogens is 172 g/mol. The average Bonchev–Trinajstić information content (AvgIpc) is 2.46. The Hall–Kier alpha value is -0.0800. The second kappa shape index (κ2) is 5.13. The topological polar surface area (TPSA) is 29.3 Å².